The molecule has 0 fully saturated rings. The molecular formula is C18H17NO7. The summed E-state index contributed by atoms with van der Waals surface area (Å²) in [5.41, 5.74) is 2.08. The number of benzene rings is 2. The summed E-state index contributed by atoms with van der Waals surface area (Å²) in [7, 11) is 1.52. The van der Waals surface area contributed by atoms with E-state index in [2.05, 4.69) is 0 Å². The monoisotopic (exact) mass is 359 g/mol. The summed E-state index contributed by atoms with van der Waals surface area (Å²) >= 11 is 0. The van der Waals surface area contributed by atoms with E-state index in [1.165, 1.54) is 19.2 Å². The molecule has 2 aromatic rings. The molecule has 0 radical (unpaired) electrons. The normalized spacial score (nSPS) is 12.7. The molecule has 3 rings (SSSR count). The van der Waals surface area contributed by atoms with Crippen LogP contribution in [0.1, 0.15) is 27.0 Å². The summed E-state index contributed by atoms with van der Waals surface area (Å²) in [4.78, 5) is 22.9. The highest BCUT2D eigenvalue weighted by atomic mass is 16.7. The second-order valence-corrected chi connectivity index (χ2v) is 5.72. The zero-order chi connectivity index (χ0) is 18.7. The number of carbonyl (C=O) groups is 1. The van der Waals surface area contributed by atoms with E-state index in [-0.39, 0.29) is 25.7 Å². The molecule has 1 aliphatic rings. The van der Waals surface area contributed by atoms with Crippen LogP contribution in [0.15, 0.2) is 30.3 Å². The van der Waals surface area contributed by atoms with Gasteiger partial charge in [0.25, 0.3) is 5.69 Å². The highest BCUT2D eigenvalue weighted by Gasteiger charge is 2.22. The molecule has 0 saturated heterocycles. The first kappa shape index (κ1) is 17.7. The number of fused-ring (bicyclic) bond motifs is 1. The standard InChI is InChI=1S/C18H17NO7/c1-11-3-4-12(7-16(11)23-2)18(20)25-9-14-6-15(19(21)22)5-13-8-24-10-26-17(13)14/h3-7H,8-10H2,1-2H3. The first-order valence-corrected chi connectivity index (χ1v) is 7.82. The number of hydrogen-bond donors (Lipinski definition) is 0. The number of nitrogens with zero attached hydrogens (tertiary/aromatic N) is 1. The summed E-state index contributed by atoms with van der Waals surface area (Å²) in [6.07, 6.45) is 0. The van der Waals surface area contributed by atoms with Gasteiger partial charge in [-0.25, -0.2) is 4.79 Å². The minimum atomic E-state index is -0.560. The number of non-ortho nitro benzene ring substituents is 1. The highest BCUT2D eigenvalue weighted by Crippen LogP contribution is 2.33. The SMILES string of the molecule is COc1cc(C(=O)OCc2cc([N+](=O)[O-])cc3c2OCOC3)ccc1C. The number of hydrogen-bond acceptors (Lipinski definition) is 7. The molecule has 8 heteroatoms. The maximum Gasteiger partial charge on any atom is 0.338 e. The first-order valence-electron chi connectivity index (χ1n) is 7.82. The van der Waals surface area contributed by atoms with Gasteiger partial charge in [-0.2, -0.15) is 0 Å². The third-order valence-corrected chi connectivity index (χ3v) is 3.99. The Morgan fingerprint density at radius 3 is 2.85 bits per heavy atom. The summed E-state index contributed by atoms with van der Waals surface area (Å²) in [6.45, 7) is 1.95. The number of esters is 1. The van der Waals surface area contributed by atoms with Crippen LogP contribution in [0.4, 0.5) is 5.69 Å². The molecule has 2 aromatic carbocycles. The van der Waals surface area contributed by atoms with Crippen molar-refractivity contribution in [1.82, 2.24) is 0 Å². The molecule has 0 atom stereocenters. The van der Waals surface area contributed by atoms with Gasteiger partial charge in [-0.15, -0.1) is 0 Å². The zero-order valence-corrected chi connectivity index (χ0v) is 14.3. The van der Waals surface area contributed by atoms with Gasteiger partial charge in [-0.05, 0) is 24.6 Å². The molecule has 0 spiro atoms. The first-order chi connectivity index (χ1) is 12.5. The largest absolute Gasteiger partial charge is 0.496 e. The molecule has 0 saturated carbocycles. The second-order valence-electron chi connectivity index (χ2n) is 5.72. The quantitative estimate of drug-likeness (QED) is 0.459. The Bertz CT molecular complexity index is 863. The van der Waals surface area contributed by atoms with E-state index in [1.54, 1.807) is 18.2 Å². The lowest BCUT2D eigenvalue weighted by Crippen LogP contribution is -2.15. The predicted octanol–water partition coefficient (Wildman–Crippen LogP) is 3.14. The zero-order valence-electron chi connectivity index (χ0n) is 14.3. The Morgan fingerprint density at radius 2 is 2.12 bits per heavy atom. The highest BCUT2D eigenvalue weighted by molar-refractivity contribution is 5.90. The van der Waals surface area contributed by atoms with E-state index in [4.69, 9.17) is 18.9 Å². The van der Waals surface area contributed by atoms with E-state index in [1.807, 2.05) is 6.92 Å². The van der Waals surface area contributed by atoms with Crippen molar-refractivity contribution in [2.45, 2.75) is 20.1 Å². The summed E-state index contributed by atoms with van der Waals surface area (Å²) < 4.78 is 21.1. The number of rotatable bonds is 5. The van der Waals surface area contributed by atoms with Crippen LogP contribution in [-0.2, 0) is 22.7 Å². The van der Waals surface area contributed by atoms with Gasteiger partial charge in [-0.1, -0.05) is 6.07 Å². The molecule has 26 heavy (non-hydrogen) atoms. The van der Waals surface area contributed by atoms with Crippen LogP contribution in [-0.4, -0.2) is 24.8 Å². The van der Waals surface area contributed by atoms with Gasteiger partial charge in [0.1, 0.15) is 18.1 Å². The Balaban J connectivity index is 1.82. The average Bonchev–Trinajstić information content (AvgIpc) is 2.65. The molecule has 1 heterocycles. The number of methoxy groups -OCH3 is 1. The van der Waals surface area contributed by atoms with Crippen LogP contribution < -0.4 is 9.47 Å². The Kier molecular flexibility index (Phi) is 5.04. The molecule has 0 amide bonds. The fourth-order valence-corrected chi connectivity index (χ4v) is 2.67. The molecule has 0 aromatic heterocycles. The maximum absolute atomic E-state index is 12.3. The van der Waals surface area contributed by atoms with E-state index < -0.39 is 10.9 Å². The van der Waals surface area contributed by atoms with Crippen LogP contribution in [0.2, 0.25) is 0 Å². The Morgan fingerprint density at radius 1 is 1.31 bits per heavy atom. The summed E-state index contributed by atoms with van der Waals surface area (Å²) in [6, 6.07) is 7.71. The van der Waals surface area contributed by atoms with Crippen molar-refractivity contribution in [3.63, 3.8) is 0 Å². The van der Waals surface area contributed by atoms with Crippen LogP contribution in [0.3, 0.4) is 0 Å². The van der Waals surface area contributed by atoms with Crippen LogP contribution in [0.25, 0.3) is 0 Å². The van der Waals surface area contributed by atoms with Gasteiger partial charge in [0.15, 0.2) is 6.79 Å². The lowest BCUT2D eigenvalue weighted by molar-refractivity contribution is -0.385. The number of carbonyl (C=O) groups excluding carboxylic acids is 1. The van der Waals surface area contributed by atoms with Gasteiger partial charge in [0, 0.05) is 23.3 Å². The maximum atomic E-state index is 12.3. The predicted molar refractivity (Wildman–Crippen MR) is 90.2 cm³/mol. The third-order valence-electron chi connectivity index (χ3n) is 3.99. The molecule has 0 unspecified atom stereocenters. The van der Waals surface area contributed by atoms with Gasteiger partial charge in [0.05, 0.1) is 24.2 Å². The fourth-order valence-electron chi connectivity index (χ4n) is 2.67. The van der Waals surface area contributed by atoms with Gasteiger partial charge in [-0.3, -0.25) is 10.1 Å². The molecule has 136 valence electrons. The Hall–Kier alpha value is -3.13. The molecule has 0 N–H and O–H groups in total. The number of nitro benzene ring substituents is 1. The lowest BCUT2D eigenvalue weighted by atomic mass is 10.1. The molecule has 0 bridgehead atoms. The molecule has 8 nitrogen and oxygen atoms in total. The number of nitro groups is 1. The summed E-state index contributed by atoms with van der Waals surface area (Å²) in [5, 5.41) is 11.1. The summed E-state index contributed by atoms with van der Waals surface area (Å²) in [5.74, 6) is 0.472. The van der Waals surface area contributed by atoms with E-state index in [0.29, 0.717) is 28.2 Å². The van der Waals surface area contributed by atoms with Crippen molar-refractivity contribution in [1.29, 1.82) is 0 Å². The fraction of sp³-hybridized carbons (Fsp3) is 0.278. The van der Waals surface area contributed by atoms with Crippen molar-refractivity contribution in [2.24, 2.45) is 0 Å². The van der Waals surface area contributed by atoms with Crippen molar-refractivity contribution >= 4 is 11.7 Å². The lowest BCUT2D eigenvalue weighted by Gasteiger charge is -2.20. The average molecular weight is 359 g/mol. The molecule has 0 aliphatic carbocycles. The van der Waals surface area contributed by atoms with Crippen molar-refractivity contribution in [2.75, 3.05) is 13.9 Å². The smallest absolute Gasteiger partial charge is 0.338 e. The van der Waals surface area contributed by atoms with Crippen LogP contribution in [0.5, 0.6) is 11.5 Å². The van der Waals surface area contributed by atoms with Gasteiger partial charge in [0.2, 0.25) is 0 Å². The van der Waals surface area contributed by atoms with Gasteiger partial charge < -0.3 is 18.9 Å². The minimum absolute atomic E-state index is 0.0426. The third kappa shape index (κ3) is 3.60. The minimum Gasteiger partial charge on any atom is -0.496 e. The molecular weight excluding hydrogens is 342 g/mol. The van der Waals surface area contributed by atoms with Crippen molar-refractivity contribution in [3.05, 3.63) is 62.7 Å². The number of ether oxygens (including phenoxy) is 4. The van der Waals surface area contributed by atoms with Crippen LogP contribution >= 0.6 is 0 Å². The second kappa shape index (κ2) is 7.40. The van der Waals surface area contributed by atoms with E-state index >= 15 is 0 Å². The number of aryl methyl sites for hydroxylation is 1. The van der Waals surface area contributed by atoms with E-state index in [0.717, 1.165) is 5.56 Å². The topological polar surface area (TPSA) is 97.1 Å². The Labute approximate surface area is 149 Å². The van der Waals surface area contributed by atoms with Gasteiger partial charge >= 0.3 is 5.97 Å². The van der Waals surface area contributed by atoms with Crippen molar-refractivity contribution in [3.8, 4) is 11.5 Å². The van der Waals surface area contributed by atoms with Crippen LogP contribution in [0, 0.1) is 17.0 Å². The van der Waals surface area contributed by atoms with E-state index in [9.17, 15) is 14.9 Å². The van der Waals surface area contributed by atoms with Crippen molar-refractivity contribution < 1.29 is 28.7 Å². The molecule has 1 aliphatic heterocycles.